The van der Waals surface area contributed by atoms with E-state index in [0.717, 1.165) is 39.3 Å². The highest BCUT2D eigenvalue weighted by atomic mass is 32.1. The average Bonchev–Trinajstić information content (AvgIpc) is 3.45. The highest BCUT2D eigenvalue weighted by molar-refractivity contribution is 7.09. The molecular weight excluding hydrogens is 429 g/mol. The van der Waals surface area contributed by atoms with Gasteiger partial charge in [0.1, 0.15) is 30.6 Å². The van der Waals surface area contributed by atoms with Gasteiger partial charge in [-0.3, -0.25) is 0 Å². The van der Waals surface area contributed by atoms with E-state index < -0.39 is 17.3 Å². The van der Waals surface area contributed by atoms with Gasteiger partial charge in [-0.15, -0.1) is 11.3 Å². The molecule has 1 unspecified atom stereocenters. The van der Waals surface area contributed by atoms with Crippen molar-refractivity contribution in [3.05, 3.63) is 63.6 Å². The fraction of sp³-hybridized carbons (Fsp3) is 0.318. The van der Waals surface area contributed by atoms with Gasteiger partial charge < -0.3 is 19.1 Å². The second-order valence-electron chi connectivity index (χ2n) is 7.86. The Hall–Kier alpha value is -2.94. The summed E-state index contributed by atoms with van der Waals surface area (Å²) in [5.41, 5.74) is 1.83. The van der Waals surface area contributed by atoms with Gasteiger partial charge in [0, 0.05) is 29.2 Å². The molecule has 1 spiro atoms. The zero-order valence-electron chi connectivity index (χ0n) is 16.2. The number of para-hydroxylation sites is 1. The molecule has 2 aromatic carbocycles. The molecule has 31 heavy (non-hydrogen) atoms. The minimum absolute atomic E-state index is 0.305. The molecule has 0 bridgehead atoms. The number of alkyl halides is 3. The summed E-state index contributed by atoms with van der Waals surface area (Å²) >= 11 is 1.03. The van der Waals surface area contributed by atoms with E-state index in [1.807, 2.05) is 30.3 Å². The first-order chi connectivity index (χ1) is 14.9. The number of benzene rings is 2. The monoisotopic (exact) mass is 446 g/mol. The zero-order chi connectivity index (χ0) is 21.2. The number of fused-ring (bicyclic) bond motifs is 5. The van der Waals surface area contributed by atoms with Crippen LogP contribution in [-0.2, 0) is 18.1 Å². The molecule has 3 aliphatic rings. The van der Waals surface area contributed by atoms with Crippen LogP contribution < -0.4 is 19.1 Å². The molecule has 6 rings (SSSR count). The van der Waals surface area contributed by atoms with Crippen molar-refractivity contribution in [3.8, 4) is 17.2 Å². The van der Waals surface area contributed by atoms with Crippen LogP contribution in [0.1, 0.15) is 21.8 Å². The van der Waals surface area contributed by atoms with Crippen LogP contribution in [0.5, 0.6) is 17.2 Å². The van der Waals surface area contributed by atoms with Crippen LogP contribution in [-0.4, -0.2) is 31.3 Å². The molecule has 4 heterocycles. The number of halogens is 3. The second kappa shape index (κ2) is 6.53. The van der Waals surface area contributed by atoms with Crippen molar-refractivity contribution in [2.75, 3.05) is 31.3 Å². The number of rotatable bonds is 2. The highest BCUT2D eigenvalue weighted by Crippen LogP contribution is 2.54. The number of nitrogens with zero attached hydrogens (tertiary/aromatic N) is 2. The quantitative estimate of drug-likeness (QED) is 0.574. The van der Waals surface area contributed by atoms with Crippen LogP contribution in [0.25, 0.3) is 0 Å². The van der Waals surface area contributed by atoms with E-state index in [2.05, 4.69) is 16.0 Å². The number of ether oxygens (including phenoxy) is 3. The van der Waals surface area contributed by atoms with Gasteiger partial charge in [-0.05, 0) is 17.7 Å². The van der Waals surface area contributed by atoms with E-state index in [1.54, 1.807) is 0 Å². The van der Waals surface area contributed by atoms with Crippen molar-refractivity contribution >= 4 is 17.0 Å². The van der Waals surface area contributed by atoms with Gasteiger partial charge in [0.15, 0.2) is 17.2 Å². The summed E-state index contributed by atoms with van der Waals surface area (Å²) in [6.45, 7) is 2.33. The topological polar surface area (TPSA) is 43.8 Å². The fourth-order valence-electron chi connectivity index (χ4n) is 4.66. The first kappa shape index (κ1) is 18.8. The summed E-state index contributed by atoms with van der Waals surface area (Å²) in [6.07, 6.45) is -4.43. The summed E-state index contributed by atoms with van der Waals surface area (Å²) < 4.78 is 56.5. The smallest absolute Gasteiger partial charge is 0.434 e. The Balaban J connectivity index is 1.39. The molecule has 0 saturated carbocycles. The predicted octanol–water partition coefficient (Wildman–Crippen LogP) is 4.63. The Bertz CT molecular complexity index is 1180. The molecule has 1 aromatic heterocycles. The van der Waals surface area contributed by atoms with Crippen LogP contribution in [0, 0.1) is 0 Å². The lowest BCUT2D eigenvalue weighted by molar-refractivity contribution is -0.140. The van der Waals surface area contributed by atoms with Crippen LogP contribution in [0.3, 0.4) is 0 Å². The molecule has 0 N–H and O–H groups in total. The molecule has 0 aliphatic carbocycles. The van der Waals surface area contributed by atoms with Gasteiger partial charge in [0.25, 0.3) is 0 Å². The maximum atomic E-state index is 13.0. The Labute approximate surface area is 180 Å². The van der Waals surface area contributed by atoms with Crippen molar-refractivity contribution in [2.24, 2.45) is 0 Å². The minimum atomic E-state index is -4.43. The third-order valence-electron chi connectivity index (χ3n) is 6.02. The van der Waals surface area contributed by atoms with E-state index in [-0.39, 0.29) is 0 Å². The van der Waals surface area contributed by atoms with E-state index in [4.69, 9.17) is 14.2 Å². The number of aromatic nitrogens is 1. The van der Waals surface area contributed by atoms with Gasteiger partial charge in [0.05, 0.1) is 12.0 Å². The Morgan fingerprint density at radius 1 is 1.00 bits per heavy atom. The second-order valence-corrected chi connectivity index (χ2v) is 8.80. The molecule has 0 amide bonds. The first-order valence-electron chi connectivity index (χ1n) is 9.87. The van der Waals surface area contributed by atoms with Gasteiger partial charge in [-0.1, -0.05) is 18.2 Å². The van der Waals surface area contributed by atoms with E-state index in [9.17, 15) is 13.2 Å². The zero-order valence-corrected chi connectivity index (χ0v) is 17.1. The summed E-state index contributed by atoms with van der Waals surface area (Å²) in [7, 11) is 0. The highest BCUT2D eigenvalue weighted by Gasteiger charge is 2.50. The Morgan fingerprint density at radius 2 is 1.77 bits per heavy atom. The van der Waals surface area contributed by atoms with Gasteiger partial charge in [-0.25, -0.2) is 4.98 Å². The maximum Gasteiger partial charge on any atom is 0.434 e. The number of hydrogen-bond acceptors (Lipinski definition) is 6. The van der Waals surface area contributed by atoms with Gasteiger partial charge in [0.2, 0.25) is 0 Å². The Morgan fingerprint density at radius 3 is 2.55 bits per heavy atom. The average molecular weight is 446 g/mol. The summed E-state index contributed by atoms with van der Waals surface area (Å²) in [4.78, 5) is 5.91. The molecule has 3 aromatic rings. The van der Waals surface area contributed by atoms with E-state index in [0.29, 0.717) is 49.4 Å². The maximum absolute atomic E-state index is 13.0. The molecule has 1 atom stereocenters. The van der Waals surface area contributed by atoms with Crippen molar-refractivity contribution in [1.82, 2.24) is 4.98 Å². The van der Waals surface area contributed by atoms with Crippen molar-refractivity contribution in [2.45, 2.75) is 18.1 Å². The number of hydrogen-bond donors (Lipinski definition) is 0. The molecule has 0 radical (unpaired) electrons. The van der Waals surface area contributed by atoms with E-state index >= 15 is 0 Å². The lowest BCUT2D eigenvalue weighted by atomic mass is 9.77. The third kappa shape index (κ3) is 2.86. The fourth-order valence-corrected chi connectivity index (χ4v) is 5.48. The van der Waals surface area contributed by atoms with Gasteiger partial charge >= 0.3 is 6.18 Å². The van der Waals surface area contributed by atoms with Crippen molar-refractivity contribution in [3.63, 3.8) is 0 Å². The molecule has 9 heteroatoms. The number of thiazole rings is 1. The molecular formula is C22H17F3N2O3S. The van der Waals surface area contributed by atoms with Crippen LogP contribution in [0.15, 0.2) is 41.8 Å². The Kier molecular flexibility index (Phi) is 3.96. The molecule has 0 saturated heterocycles. The molecule has 5 nitrogen and oxygen atoms in total. The minimum Gasteiger partial charge on any atom is -0.492 e. The molecule has 3 aliphatic heterocycles. The standard InChI is InChI=1S/C22H17F3N2O3S/c23-22(24,25)19-10-31-20(26-19)9-27-11-21(13-3-1-2-4-15(13)27)12-30-16-8-18-17(7-14(16)21)28-5-6-29-18/h1-4,7-8,10H,5-6,9,11-12H2. The van der Waals surface area contributed by atoms with Crippen LogP contribution in [0.2, 0.25) is 0 Å². The normalized spacial score (nSPS) is 21.2. The van der Waals surface area contributed by atoms with Gasteiger partial charge in [-0.2, -0.15) is 13.2 Å². The molecule has 0 fully saturated rings. The summed E-state index contributed by atoms with van der Waals surface area (Å²) in [6, 6.07) is 11.8. The van der Waals surface area contributed by atoms with Crippen molar-refractivity contribution in [1.29, 1.82) is 0 Å². The lowest BCUT2D eigenvalue weighted by Gasteiger charge is -2.26. The van der Waals surface area contributed by atoms with Crippen LogP contribution in [0.4, 0.5) is 18.9 Å². The van der Waals surface area contributed by atoms with Crippen LogP contribution >= 0.6 is 11.3 Å². The largest absolute Gasteiger partial charge is 0.492 e. The summed E-state index contributed by atoms with van der Waals surface area (Å²) in [5.74, 6) is 2.13. The van der Waals surface area contributed by atoms with E-state index in [1.165, 1.54) is 0 Å². The third-order valence-corrected chi connectivity index (χ3v) is 6.86. The SMILES string of the molecule is FC(F)(F)c1csc(CN2CC3(COc4cc5c(cc43)OCCO5)c3ccccc32)n1. The number of anilines is 1. The molecule has 160 valence electrons. The predicted molar refractivity (Wildman–Crippen MR) is 108 cm³/mol. The first-order valence-corrected chi connectivity index (χ1v) is 10.7. The lowest BCUT2D eigenvalue weighted by Crippen LogP contribution is -2.36. The van der Waals surface area contributed by atoms with Crippen molar-refractivity contribution < 1.29 is 27.4 Å². The summed E-state index contributed by atoms with van der Waals surface area (Å²) in [5, 5.41) is 1.51.